The van der Waals surface area contributed by atoms with E-state index < -0.39 is 0 Å². The Balaban J connectivity index is 1.44. The van der Waals surface area contributed by atoms with Gasteiger partial charge >= 0.3 is 0 Å². The van der Waals surface area contributed by atoms with E-state index in [0.29, 0.717) is 11.4 Å². The summed E-state index contributed by atoms with van der Waals surface area (Å²) in [6, 6.07) is 5.46. The van der Waals surface area contributed by atoms with E-state index in [2.05, 4.69) is 37.1 Å². The molecular weight excluding hydrogens is 318 g/mol. The summed E-state index contributed by atoms with van der Waals surface area (Å²) in [5, 5.41) is 15.6. The van der Waals surface area contributed by atoms with E-state index in [1.54, 1.807) is 29.2 Å². The molecule has 1 aliphatic rings. The number of pyridine rings is 1. The smallest absolute Gasteiger partial charge is 0.253 e. The number of hydrogen-bond donors (Lipinski definition) is 1. The highest BCUT2D eigenvalue weighted by Gasteiger charge is 2.23. The van der Waals surface area contributed by atoms with E-state index in [1.165, 1.54) is 0 Å². The van der Waals surface area contributed by atoms with Gasteiger partial charge < -0.3 is 9.88 Å². The summed E-state index contributed by atoms with van der Waals surface area (Å²) in [7, 11) is 0. The average molecular weight is 337 g/mol. The fraction of sp³-hybridized carbons (Fsp3) is 0.353. The first-order valence-corrected chi connectivity index (χ1v) is 8.42. The zero-order chi connectivity index (χ0) is 17.2. The molecule has 1 unspecified atom stereocenters. The summed E-state index contributed by atoms with van der Waals surface area (Å²) < 4.78 is 3.77. The summed E-state index contributed by atoms with van der Waals surface area (Å²) in [4.78, 5) is 16.8. The highest BCUT2D eigenvalue weighted by Crippen LogP contribution is 2.16. The van der Waals surface area contributed by atoms with Crippen LogP contribution in [0.1, 0.15) is 35.4 Å². The van der Waals surface area contributed by atoms with Crippen molar-refractivity contribution in [3.63, 3.8) is 0 Å². The second-order valence-electron chi connectivity index (χ2n) is 6.06. The van der Waals surface area contributed by atoms with Crippen molar-refractivity contribution < 1.29 is 4.79 Å². The van der Waals surface area contributed by atoms with Gasteiger partial charge in [-0.2, -0.15) is 5.10 Å². The molecular formula is C17H19N7O. The maximum Gasteiger partial charge on any atom is 0.253 e. The number of nitrogens with zero attached hydrogens (tertiary/aromatic N) is 6. The van der Waals surface area contributed by atoms with Crippen molar-refractivity contribution >= 4 is 5.91 Å². The van der Waals surface area contributed by atoms with Crippen LogP contribution in [-0.4, -0.2) is 41.5 Å². The van der Waals surface area contributed by atoms with Gasteiger partial charge in [-0.15, -0.1) is 10.2 Å². The molecule has 3 aromatic rings. The molecule has 0 radical (unpaired) electrons. The monoisotopic (exact) mass is 337 g/mol. The normalized spacial score (nSPS) is 16.4. The topological polar surface area (TPSA) is 90.5 Å². The van der Waals surface area contributed by atoms with Crippen molar-refractivity contribution in [2.45, 2.75) is 38.8 Å². The number of carbonyl (C=O) groups excluding carboxylic acids is 1. The van der Waals surface area contributed by atoms with Crippen LogP contribution in [0.2, 0.25) is 0 Å². The Kier molecular flexibility index (Phi) is 4.01. The molecule has 1 aliphatic heterocycles. The molecule has 0 fully saturated rings. The van der Waals surface area contributed by atoms with Crippen LogP contribution in [0.25, 0.3) is 5.82 Å². The van der Waals surface area contributed by atoms with Crippen LogP contribution in [0.15, 0.2) is 36.8 Å². The Hall–Kier alpha value is -3.03. The van der Waals surface area contributed by atoms with Gasteiger partial charge in [0.25, 0.3) is 5.91 Å². The lowest BCUT2D eigenvalue weighted by molar-refractivity contribution is 0.0927. The largest absolute Gasteiger partial charge is 0.347 e. The third-order valence-corrected chi connectivity index (χ3v) is 4.42. The van der Waals surface area contributed by atoms with Gasteiger partial charge in [0.2, 0.25) is 0 Å². The van der Waals surface area contributed by atoms with Crippen molar-refractivity contribution in [1.82, 2.24) is 34.8 Å². The van der Waals surface area contributed by atoms with Crippen molar-refractivity contribution in [2.75, 3.05) is 0 Å². The molecule has 8 heteroatoms. The molecule has 0 spiro atoms. The molecule has 25 heavy (non-hydrogen) atoms. The molecule has 0 aromatic carbocycles. The number of amides is 1. The van der Waals surface area contributed by atoms with Gasteiger partial charge in [-0.05, 0) is 24.6 Å². The minimum absolute atomic E-state index is 0.0760. The summed E-state index contributed by atoms with van der Waals surface area (Å²) in [5.41, 5.74) is 0.543. The molecule has 0 bridgehead atoms. The third-order valence-electron chi connectivity index (χ3n) is 4.42. The molecule has 4 heterocycles. The maximum absolute atomic E-state index is 12.5. The Morgan fingerprint density at radius 3 is 3.00 bits per heavy atom. The number of fused-ring (bicyclic) bond motifs is 1. The molecule has 1 amide bonds. The molecule has 0 aliphatic carbocycles. The summed E-state index contributed by atoms with van der Waals surface area (Å²) >= 11 is 0. The van der Waals surface area contributed by atoms with E-state index >= 15 is 0 Å². The van der Waals surface area contributed by atoms with Gasteiger partial charge in [0.15, 0.2) is 5.82 Å². The van der Waals surface area contributed by atoms with Crippen LogP contribution in [0.5, 0.6) is 0 Å². The van der Waals surface area contributed by atoms with E-state index in [-0.39, 0.29) is 11.9 Å². The number of aromatic nitrogens is 6. The lowest BCUT2D eigenvalue weighted by Crippen LogP contribution is -2.41. The Morgan fingerprint density at radius 1 is 1.36 bits per heavy atom. The second kappa shape index (κ2) is 6.46. The first kappa shape index (κ1) is 15.5. The maximum atomic E-state index is 12.5. The molecule has 3 aromatic heterocycles. The van der Waals surface area contributed by atoms with E-state index in [0.717, 1.165) is 37.5 Å². The van der Waals surface area contributed by atoms with Crippen LogP contribution in [-0.2, 0) is 19.4 Å². The highest BCUT2D eigenvalue weighted by atomic mass is 16.1. The van der Waals surface area contributed by atoms with Crippen LogP contribution < -0.4 is 5.32 Å². The summed E-state index contributed by atoms with van der Waals surface area (Å²) in [6.07, 6.45) is 7.62. The van der Waals surface area contributed by atoms with Crippen molar-refractivity contribution in [1.29, 1.82) is 0 Å². The van der Waals surface area contributed by atoms with Gasteiger partial charge in [0.05, 0.1) is 5.56 Å². The zero-order valence-electron chi connectivity index (χ0n) is 14.0. The van der Waals surface area contributed by atoms with Crippen LogP contribution >= 0.6 is 0 Å². The molecule has 1 atom stereocenters. The highest BCUT2D eigenvalue weighted by molar-refractivity contribution is 5.94. The molecule has 4 rings (SSSR count). The molecule has 128 valence electrons. The van der Waals surface area contributed by atoms with Gasteiger partial charge in [-0.25, -0.2) is 9.67 Å². The third kappa shape index (κ3) is 3.02. The van der Waals surface area contributed by atoms with Crippen molar-refractivity contribution in [2.24, 2.45) is 0 Å². The van der Waals surface area contributed by atoms with Crippen LogP contribution in [0.3, 0.4) is 0 Å². The Bertz CT molecular complexity index is 854. The molecule has 0 saturated carbocycles. The second-order valence-corrected chi connectivity index (χ2v) is 6.06. The first-order chi connectivity index (χ1) is 12.2. The summed E-state index contributed by atoms with van der Waals surface area (Å²) in [5.74, 6) is 2.55. The van der Waals surface area contributed by atoms with Crippen molar-refractivity contribution in [3.8, 4) is 5.82 Å². The van der Waals surface area contributed by atoms with E-state index in [1.807, 2.05) is 12.3 Å². The fourth-order valence-electron chi connectivity index (χ4n) is 3.09. The standard InChI is InChI=1S/C17H19N7O/c1-2-14-21-22-16-7-5-13(11-23(14)16)20-17(25)12-4-6-15(18-10-12)24-9-3-8-19-24/h3-4,6,8-10,13H,2,5,7,11H2,1H3,(H,20,25). The minimum atomic E-state index is -0.112. The number of aryl methyl sites for hydroxylation is 2. The van der Waals surface area contributed by atoms with Crippen LogP contribution in [0.4, 0.5) is 0 Å². The predicted molar refractivity (Wildman–Crippen MR) is 90.3 cm³/mol. The van der Waals surface area contributed by atoms with Crippen molar-refractivity contribution in [3.05, 3.63) is 54.0 Å². The number of rotatable bonds is 4. The number of carbonyl (C=O) groups is 1. The van der Waals surface area contributed by atoms with Crippen LogP contribution in [0, 0.1) is 0 Å². The van der Waals surface area contributed by atoms with E-state index in [9.17, 15) is 4.79 Å². The lowest BCUT2D eigenvalue weighted by atomic mass is 10.1. The minimum Gasteiger partial charge on any atom is -0.347 e. The van der Waals surface area contributed by atoms with Gasteiger partial charge in [0, 0.05) is 44.0 Å². The molecule has 0 saturated heterocycles. The molecule has 8 nitrogen and oxygen atoms in total. The number of nitrogens with one attached hydrogen (secondary N) is 1. The first-order valence-electron chi connectivity index (χ1n) is 8.42. The zero-order valence-corrected chi connectivity index (χ0v) is 14.0. The lowest BCUT2D eigenvalue weighted by Gasteiger charge is -2.25. The predicted octanol–water partition coefficient (Wildman–Crippen LogP) is 1.17. The molecule has 1 N–H and O–H groups in total. The van der Waals surface area contributed by atoms with Gasteiger partial charge in [-0.1, -0.05) is 6.92 Å². The summed E-state index contributed by atoms with van der Waals surface area (Å²) in [6.45, 7) is 2.78. The Morgan fingerprint density at radius 2 is 2.28 bits per heavy atom. The van der Waals surface area contributed by atoms with E-state index in [4.69, 9.17) is 0 Å². The van der Waals surface area contributed by atoms with Gasteiger partial charge in [0.1, 0.15) is 11.6 Å². The fourth-order valence-corrected chi connectivity index (χ4v) is 3.09. The Labute approximate surface area is 144 Å². The quantitative estimate of drug-likeness (QED) is 0.772. The number of hydrogen-bond acceptors (Lipinski definition) is 5. The van der Waals surface area contributed by atoms with Gasteiger partial charge in [-0.3, -0.25) is 4.79 Å². The average Bonchev–Trinajstić information content (AvgIpc) is 3.31. The SMILES string of the molecule is CCc1nnc2n1CC(NC(=O)c1ccc(-n3cccn3)nc1)CC2.